The predicted molar refractivity (Wildman–Crippen MR) is 84.9 cm³/mol. The summed E-state index contributed by atoms with van der Waals surface area (Å²) >= 11 is 1.70. The fraction of sp³-hybridized carbons (Fsp3) is 0.615. The lowest BCUT2D eigenvalue weighted by molar-refractivity contribution is 0.579. The lowest BCUT2D eigenvalue weighted by Gasteiger charge is -2.35. The molecule has 2 heterocycles. The molecule has 0 saturated carbocycles. The normalized spacial score (nSPS) is 20.1. The monoisotopic (exact) mass is 315 g/mol. The zero-order chi connectivity index (χ0) is 14.6. The fourth-order valence-corrected chi connectivity index (χ4v) is 5.24. The van der Waals surface area contributed by atoms with Gasteiger partial charge in [0.2, 0.25) is 0 Å². The van der Waals surface area contributed by atoms with Gasteiger partial charge in [-0.15, -0.1) is 0 Å². The molecule has 0 aromatic carbocycles. The first-order chi connectivity index (χ1) is 9.58. The number of anilines is 1. The van der Waals surface area contributed by atoms with Crippen molar-refractivity contribution in [3.8, 4) is 0 Å². The Kier molecular flexibility index (Phi) is 5.29. The summed E-state index contributed by atoms with van der Waals surface area (Å²) in [6.07, 6.45) is 1.75. The van der Waals surface area contributed by atoms with Gasteiger partial charge in [-0.3, -0.25) is 0 Å². The van der Waals surface area contributed by atoms with Gasteiger partial charge in [0.05, 0.1) is 0 Å². The largest absolute Gasteiger partial charge is 0.338 e. The maximum Gasteiger partial charge on any atom is 0.171 e. The highest BCUT2D eigenvalue weighted by atomic mass is 32.2. The second kappa shape index (κ2) is 6.78. The van der Waals surface area contributed by atoms with E-state index in [4.69, 9.17) is 0 Å². The second-order valence-electron chi connectivity index (χ2n) is 4.73. The number of hydrogen-bond acceptors (Lipinski definition) is 6. The molecule has 112 valence electrons. The Bertz CT molecular complexity index is 548. The van der Waals surface area contributed by atoms with Crippen molar-refractivity contribution in [3.05, 3.63) is 23.9 Å². The SMILES string of the molecule is CCS(=O)(=O)C1CSCCN1c1cc(CNC)ccn1. The van der Waals surface area contributed by atoms with Crippen LogP contribution in [0.3, 0.4) is 0 Å². The number of nitrogens with one attached hydrogen (secondary N) is 1. The molecule has 0 amide bonds. The Labute approximate surface area is 125 Å². The van der Waals surface area contributed by atoms with Crippen LogP contribution in [-0.2, 0) is 16.4 Å². The highest BCUT2D eigenvalue weighted by molar-refractivity contribution is 8.01. The van der Waals surface area contributed by atoms with Gasteiger partial charge in [-0.25, -0.2) is 13.4 Å². The van der Waals surface area contributed by atoms with Crippen LogP contribution in [0.1, 0.15) is 12.5 Å². The van der Waals surface area contributed by atoms with E-state index in [0.29, 0.717) is 5.75 Å². The number of hydrogen-bond donors (Lipinski definition) is 1. The lowest BCUT2D eigenvalue weighted by atomic mass is 10.2. The molecule has 20 heavy (non-hydrogen) atoms. The van der Waals surface area contributed by atoms with E-state index < -0.39 is 15.2 Å². The van der Waals surface area contributed by atoms with Gasteiger partial charge in [0.15, 0.2) is 9.84 Å². The molecular formula is C13H21N3O2S2. The molecule has 1 aromatic rings. The lowest BCUT2D eigenvalue weighted by Crippen LogP contribution is -2.48. The summed E-state index contributed by atoms with van der Waals surface area (Å²) in [6, 6.07) is 3.92. The van der Waals surface area contributed by atoms with Gasteiger partial charge in [-0.2, -0.15) is 11.8 Å². The number of thioether (sulfide) groups is 1. The number of rotatable bonds is 5. The minimum Gasteiger partial charge on any atom is -0.338 e. The van der Waals surface area contributed by atoms with Crippen molar-refractivity contribution in [1.82, 2.24) is 10.3 Å². The second-order valence-corrected chi connectivity index (χ2v) is 8.32. The van der Waals surface area contributed by atoms with Crippen molar-refractivity contribution in [1.29, 1.82) is 0 Å². The predicted octanol–water partition coefficient (Wildman–Crippen LogP) is 1.11. The summed E-state index contributed by atoms with van der Waals surface area (Å²) < 4.78 is 24.5. The third kappa shape index (κ3) is 3.45. The molecule has 1 aliphatic heterocycles. The van der Waals surface area contributed by atoms with Crippen molar-refractivity contribution in [2.45, 2.75) is 18.8 Å². The van der Waals surface area contributed by atoms with Gasteiger partial charge in [-0.05, 0) is 24.7 Å². The fourth-order valence-electron chi connectivity index (χ4n) is 2.26. The van der Waals surface area contributed by atoms with E-state index in [1.165, 1.54) is 0 Å². The van der Waals surface area contributed by atoms with Gasteiger partial charge in [-0.1, -0.05) is 6.92 Å². The minimum atomic E-state index is -3.09. The molecule has 1 fully saturated rings. The zero-order valence-corrected chi connectivity index (χ0v) is 13.5. The quantitative estimate of drug-likeness (QED) is 0.878. The third-order valence-electron chi connectivity index (χ3n) is 3.39. The summed E-state index contributed by atoms with van der Waals surface area (Å²) in [6.45, 7) is 3.19. The molecular weight excluding hydrogens is 294 g/mol. The topological polar surface area (TPSA) is 62.3 Å². The van der Waals surface area contributed by atoms with Crippen molar-refractivity contribution in [3.63, 3.8) is 0 Å². The maximum absolute atomic E-state index is 12.3. The summed E-state index contributed by atoms with van der Waals surface area (Å²) in [7, 11) is -1.20. The highest BCUT2D eigenvalue weighted by Gasteiger charge is 2.33. The van der Waals surface area contributed by atoms with E-state index in [1.807, 2.05) is 24.1 Å². The van der Waals surface area contributed by atoms with E-state index >= 15 is 0 Å². The molecule has 1 unspecified atom stereocenters. The van der Waals surface area contributed by atoms with E-state index in [9.17, 15) is 8.42 Å². The zero-order valence-electron chi connectivity index (χ0n) is 11.9. The third-order valence-corrected chi connectivity index (χ3v) is 6.68. The first kappa shape index (κ1) is 15.6. The van der Waals surface area contributed by atoms with Crippen molar-refractivity contribution >= 4 is 27.4 Å². The Morgan fingerprint density at radius 3 is 3.05 bits per heavy atom. The molecule has 0 bridgehead atoms. The first-order valence-corrected chi connectivity index (χ1v) is 9.61. The van der Waals surface area contributed by atoms with Gasteiger partial charge in [0, 0.05) is 36.5 Å². The summed E-state index contributed by atoms with van der Waals surface area (Å²) in [5.74, 6) is 2.49. The molecule has 2 rings (SSSR count). The highest BCUT2D eigenvalue weighted by Crippen LogP contribution is 2.26. The summed E-state index contributed by atoms with van der Waals surface area (Å²) in [4.78, 5) is 6.31. The molecule has 1 aromatic heterocycles. The molecule has 0 spiro atoms. The number of sulfone groups is 1. The van der Waals surface area contributed by atoms with Gasteiger partial charge >= 0.3 is 0 Å². The van der Waals surface area contributed by atoms with Crippen LogP contribution >= 0.6 is 11.8 Å². The molecule has 1 N–H and O–H groups in total. The number of pyridine rings is 1. The van der Waals surface area contributed by atoms with Crippen LogP contribution in [0.5, 0.6) is 0 Å². The van der Waals surface area contributed by atoms with Gasteiger partial charge in [0.25, 0.3) is 0 Å². The van der Waals surface area contributed by atoms with E-state index in [0.717, 1.165) is 30.2 Å². The van der Waals surface area contributed by atoms with Gasteiger partial charge in [0.1, 0.15) is 11.2 Å². The molecule has 1 atom stereocenters. The molecule has 0 radical (unpaired) electrons. The number of aromatic nitrogens is 1. The summed E-state index contributed by atoms with van der Waals surface area (Å²) in [5.41, 5.74) is 1.11. The van der Waals surface area contributed by atoms with Crippen molar-refractivity contribution < 1.29 is 8.42 Å². The maximum atomic E-state index is 12.3. The number of nitrogens with zero attached hydrogens (tertiary/aromatic N) is 2. The molecule has 0 aliphatic carbocycles. The van der Waals surface area contributed by atoms with Gasteiger partial charge < -0.3 is 10.2 Å². The van der Waals surface area contributed by atoms with E-state index in [1.54, 1.807) is 24.9 Å². The standard InChI is InChI=1S/C13H21N3O2S2/c1-3-20(17,18)13-10-19-7-6-16(13)12-8-11(9-14-2)4-5-15-12/h4-5,8,13-14H,3,6-7,9-10H2,1-2H3. The first-order valence-electron chi connectivity index (χ1n) is 6.74. The van der Waals surface area contributed by atoms with Crippen LogP contribution in [0.4, 0.5) is 5.82 Å². The average molecular weight is 315 g/mol. The van der Waals surface area contributed by atoms with Crippen LogP contribution in [0.15, 0.2) is 18.3 Å². The molecule has 1 saturated heterocycles. The Morgan fingerprint density at radius 2 is 2.35 bits per heavy atom. The van der Waals surface area contributed by atoms with Crippen LogP contribution in [-0.4, -0.2) is 49.6 Å². The molecule has 1 aliphatic rings. The van der Waals surface area contributed by atoms with Crippen LogP contribution < -0.4 is 10.2 Å². The smallest absolute Gasteiger partial charge is 0.171 e. The summed E-state index contributed by atoms with van der Waals surface area (Å²) in [5, 5.41) is 2.64. The van der Waals surface area contributed by atoms with Crippen LogP contribution in [0.2, 0.25) is 0 Å². The van der Waals surface area contributed by atoms with Crippen molar-refractivity contribution in [2.24, 2.45) is 0 Å². The Hall–Kier alpha value is -0.790. The molecule has 5 nitrogen and oxygen atoms in total. The molecule has 7 heteroatoms. The van der Waals surface area contributed by atoms with Crippen molar-refractivity contribution in [2.75, 3.05) is 35.8 Å². The Morgan fingerprint density at radius 1 is 1.55 bits per heavy atom. The van der Waals surface area contributed by atoms with E-state index in [-0.39, 0.29) is 5.75 Å². The van der Waals surface area contributed by atoms with Crippen LogP contribution in [0.25, 0.3) is 0 Å². The van der Waals surface area contributed by atoms with Crippen LogP contribution in [0, 0.1) is 0 Å². The Balaban J connectivity index is 2.30. The minimum absolute atomic E-state index is 0.172. The van der Waals surface area contributed by atoms with E-state index in [2.05, 4.69) is 10.3 Å². The average Bonchev–Trinajstić information content (AvgIpc) is 2.48.